The van der Waals surface area contributed by atoms with Crippen molar-refractivity contribution in [2.75, 3.05) is 0 Å². The van der Waals surface area contributed by atoms with Gasteiger partial charge in [0, 0.05) is 20.9 Å². The van der Waals surface area contributed by atoms with Gasteiger partial charge in [-0.15, -0.1) is 0 Å². The van der Waals surface area contributed by atoms with Crippen LogP contribution < -0.4 is 5.73 Å². The molecular formula is C14H14ClNS. The average molecular weight is 264 g/mol. The Kier molecular flexibility index (Phi) is 4.11. The Bertz CT molecular complexity index is 477. The van der Waals surface area contributed by atoms with E-state index in [1.54, 1.807) is 11.8 Å². The summed E-state index contributed by atoms with van der Waals surface area (Å²) >= 11 is 7.56. The van der Waals surface area contributed by atoms with Crippen LogP contribution in [0.5, 0.6) is 0 Å². The smallest absolute Gasteiger partial charge is 0.0406 e. The molecule has 1 atom stereocenters. The second kappa shape index (κ2) is 5.58. The van der Waals surface area contributed by atoms with Gasteiger partial charge in [0.05, 0.1) is 0 Å². The van der Waals surface area contributed by atoms with Gasteiger partial charge in [-0.25, -0.2) is 0 Å². The van der Waals surface area contributed by atoms with E-state index in [4.69, 9.17) is 17.3 Å². The molecule has 88 valence electrons. The van der Waals surface area contributed by atoms with Crippen LogP contribution >= 0.6 is 23.4 Å². The topological polar surface area (TPSA) is 26.0 Å². The highest BCUT2D eigenvalue weighted by Gasteiger charge is 2.00. The largest absolute Gasteiger partial charge is 0.324 e. The average Bonchev–Trinajstić information content (AvgIpc) is 2.33. The first-order valence-corrected chi connectivity index (χ1v) is 6.63. The Morgan fingerprint density at radius 2 is 1.41 bits per heavy atom. The lowest BCUT2D eigenvalue weighted by atomic mass is 10.1. The van der Waals surface area contributed by atoms with Crippen LogP contribution in [-0.4, -0.2) is 0 Å². The van der Waals surface area contributed by atoms with E-state index in [0.717, 1.165) is 10.6 Å². The maximum atomic E-state index is 5.85. The zero-order valence-electron chi connectivity index (χ0n) is 9.56. The molecule has 0 fully saturated rings. The first-order valence-electron chi connectivity index (χ1n) is 5.44. The molecule has 0 radical (unpaired) electrons. The van der Waals surface area contributed by atoms with Gasteiger partial charge in [0.2, 0.25) is 0 Å². The molecule has 2 rings (SSSR count). The number of rotatable bonds is 3. The summed E-state index contributed by atoms with van der Waals surface area (Å²) in [6.07, 6.45) is 0. The summed E-state index contributed by atoms with van der Waals surface area (Å²) in [5, 5.41) is 0.765. The molecule has 0 aromatic heterocycles. The van der Waals surface area contributed by atoms with Crippen LogP contribution in [0.4, 0.5) is 0 Å². The predicted octanol–water partition coefficient (Wildman–Crippen LogP) is 4.51. The summed E-state index contributed by atoms with van der Waals surface area (Å²) in [5.74, 6) is 0. The molecule has 0 saturated heterocycles. The quantitative estimate of drug-likeness (QED) is 0.882. The standard InChI is InChI=1S/C14H14ClNS/c1-10(16)11-2-6-13(7-3-11)17-14-8-4-12(15)5-9-14/h2-10H,16H2,1H3. The fraction of sp³-hybridized carbons (Fsp3) is 0.143. The van der Waals surface area contributed by atoms with E-state index in [2.05, 4.69) is 24.3 Å². The zero-order chi connectivity index (χ0) is 12.3. The Balaban J connectivity index is 2.11. The molecule has 3 heteroatoms. The van der Waals surface area contributed by atoms with Crippen LogP contribution in [0.2, 0.25) is 5.02 Å². The van der Waals surface area contributed by atoms with Crippen molar-refractivity contribution in [3.63, 3.8) is 0 Å². The summed E-state index contributed by atoms with van der Waals surface area (Å²) < 4.78 is 0. The van der Waals surface area contributed by atoms with Gasteiger partial charge in [0.15, 0.2) is 0 Å². The molecule has 17 heavy (non-hydrogen) atoms. The van der Waals surface area contributed by atoms with E-state index < -0.39 is 0 Å². The van der Waals surface area contributed by atoms with E-state index >= 15 is 0 Å². The number of hydrogen-bond acceptors (Lipinski definition) is 2. The van der Waals surface area contributed by atoms with Crippen LogP contribution in [0.15, 0.2) is 58.3 Å². The first kappa shape index (κ1) is 12.5. The predicted molar refractivity (Wildman–Crippen MR) is 74.6 cm³/mol. The number of nitrogens with two attached hydrogens (primary N) is 1. The summed E-state index contributed by atoms with van der Waals surface area (Å²) in [5.41, 5.74) is 6.97. The number of benzene rings is 2. The molecule has 0 amide bonds. The van der Waals surface area contributed by atoms with Crippen molar-refractivity contribution in [3.8, 4) is 0 Å². The van der Waals surface area contributed by atoms with Crippen molar-refractivity contribution in [2.24, 2.45) is 5.73 Å². The highest BCUT2D eigenvalue weighted by molar-refractivity contribution is 7.99. The third kappa shape index (κ3) is 3.50. The van der Waals surface area contributed by atoms with Crippen LogP contribution in [0, 0.1) is 0 Å². The van der Waals surface area contributed by atoms with E-state index in [0.29, 0.717) is 0 Å². The van der Waals surface area contributed by atoms with Crippen molar-refractivity contribution < 1.29 is 0 Å². The third-order valence-corrected chi connectivity index (χ3v) is 3.72. The lowest BCUT2D eigenvalue weighted by Crippen LogP contribution is -2.04. The summed E-state index contributed by atoms with van der Waals surface area (Å²) in [6.45, 7) is 1.99. The lowest BCUT2D eigenvalue weighted by Gasteiger charge is -2.06. The first-order chi connectivity index (χ1) is 8.15. The molecule has 0 heterocycles. The van der Waals surface area contributed by atoms with Gasteiger partial charge in [-0.3, -0.25) is 0 Å². The minimum absolute atomic E-state index is 0.0876. The van der Waals surface area contributed by atoms with Gasteiger partial charge >= 0.3 is 0 Å². The highest BCUT2D eigenvalue weighted by Crippen LogP contribution is 2.29. The summed E-state index contributed by atoms with van der Waals surface area (Å²) in [4.78, 5) is 2.39. The highest BCUT2D eigenvalue weighted by atomic mass is 35.5. The second-order valence-corrected chi connectivity index (χ2v) is 5.50. The molecule has 0 aliphatic rings. The van der Waals surface area contributed by atoms with Gasteiger partial charge in [-0.05, 0) is 48.9 Å². The normalized spacial score (nSPS) is 12.4. The molecule has 0 spiro atoms. The molecular weight excluding hydrogens is 250 g/mol. The minimum Gasteiger partial charge on any atom is -0.324 e. The van der Waals surface area contributed by atoms with Gasteiger partial charge in [0.1, 0.15) is 0 Å². The third-order valence-electron chi connectivity index (χ3n) is 2.46. The molecule has 2 N–H and O–H groups in total. The maximum absolute atomic E-state index is 5.85. The van der Waals surface area contributed by atoms with Gasteiger partial charge in [-0.1, -0.05) is 35.5 Å². The molecule has 0 bridgehead atoms. The maximum Gasteiger partial charge on any atom is 0.0406 e. The van der Waals surface area contributed by atoms with Gasteiger partial charge < -0.3 is 5.73 Å². The lowest BCUT2D eigenvalue weighted by molar-refractivity contribution is 0.817. The van der Waals surface area contributed by atoms with E-state index in [9.17, 15) is 0 Å². The van der Waals surface area contributed by atoms with Crippen LogP contribution in [0.1, 0.15) is 18.5 Å². The second-order valence-electron chi connectivity index (χ2n) is 3.91. The number of halogens is 1. The Hall–Kier alpha value is -0.960. The Morgan fingerprint density at radius 1 is 0.941 bits per heavy atom. The summed E-state index contributed by atoms with van der Waals surface area (Å²) in [7, 11) is 0. The van der Waals surface area contributed by atoms with Crippen molar-refractivity contribution in [1.29, 1.82) is 0 Å². The molecule has 1 unspecified atom stereocenters. The molecule has 1 nitrogen and oxygen atoms in total. The molecule has 2 aromatic rings. The SMILES string of the molecule is CC(N)c1ccc(Sc2ccc(Cl)cc2)cc1. The van der Waals surface area contributed by atoms with Crippen molar-refractivity contribution >= 4 is 23.4 Å². The fourth-order valence-electron chi connectivity index (χ4n) is 1.48. The molecule has 0 saturated carbocycles. The number of hydrogen-bond donors (Lipinski definition) is 1. The van der Waals surface area contributed by atoms with Crippen molar-refractivity contribution in [1.82, 2.24) is 0 Å². The van der Waals surface area contributed by atoms with Gasteiger partial charge in [0.25, 0.3) is 0 Å². The fourth-order valence-corrected chi connectivity index (χ4v) is 2.42. The molecule has 0 aliphatic carbocycles. The van der Waals surface area contributed by atoms with Crippen molar-refractivity contribution in [2.45, 2.75) is 22.8 Å². The van der Waals surface area contributed by atoms with Crippen LogP contribution in [0.25, 0.3) is 0 Å². The molecule has 0 aliphatic heterocycles. The monoisotopic (exact) mass is 263 g/mol. The minimum atomic E-state index is 0.0876. The van der Waals surface area contributed by atoms with Crippen LogP contribution in [0.3, 0.4) is 0 Å². The Morgan fingerprint density at radius 3 is 1.88 bits per heavy atom. The van der Waals surface area contributed by atoms with E-state index in [1.165, 1.54) is 9.79 Å². The van der Waals surface area contributed by atoms with Gasteiger partial charge in [-0.2, -0.15) is 0 Å². The Labute approximate surface area is 111 Å². The molecule has 2 aromatic carbocycles. The van der Waals surface area contributed by atoms with Crippen LogP contribution in [-0.2, 0) is 0 Å². The van der Waals surface area contributed by atoms with E-state index in [1.807, 2.05) is 31.2 Å². The summed E-state index contributed by atoms with van der Waals surface area (Å²) in [6, 6.07) is 16.3. The zero-order valence-corrected chi connectivity index (χ0v) is 11.1. The van der Waals surface area contributed by atoms with E-state index in [-0.39, 0.29) is 6.04 Å². The van der Waals surface area contributed by atoms with Crippen molar-refractivity contribution in [3.05, 3.63) is 59.1 Å².